The van der Waals surface area contributed by atoms with Gasteiger partial charge in [0.15, 0.2) is 0 Å². The molecule has 0 aromatic heterocycles. The zero-order valence-electron chi connectivity index (χ0n) is 22.0. The van der Waals surface area contributed by atoms with Crippen molar-refractivity contribution in [2.24, 2.45) is 0 Å². The lowest BCUT2D eigenvalue weighted by atomic mass is 9.98. The van der Waals surface area contributed by atoms with Gasteiger partial charge in [-0.1, -0.05) is 38.1 Å². The first-order chi connectivity index (χ1) is 17.2. The Morgan fingerprint density at radius 2 is 0.972 bits per heavy atom. The minimum atomic E-state index is -0.782. The number of hydrogen-bond acceptors (Lipinski definition) is 7. The van der Waals surface area contributed by atoms with Crippen molar-refractivity contribution in [2.45, 2.75) is 26.7 Å². The summed E-state index contributed by atoms with van der Waals surface area (Å²) in [4.78, 5) is 43.4. The third kappa shape index (κ3) is 8.12. The lowest BCUT2D eigenvalue weighted by Gasteiger charge is -2.13. The molecule has 192 valence electrons. The summed E-state index contributed by atoms with van der Waals surface area (Å²) in [5, 5.41) is 0. The van der Waals surface area contributed by atoms with Crippen molar-refractivity contribution in [3.63, 3.8) is 0 Å². The van der Waals surface area contributed by atoms with Crippen molar-refractivity contribution in [1.29, 1.82) is 0 Å². The average molecular weight is 493 g/mol. The van der Waals surface area contributed by atoms with Crippen LogP contribution >= 0.6 is 0 Å². The molecule has 0 N–H and O–H groups in total. The number of carbonyl (C=O) groups is 3. The predicted octanol–water partition coefficient (Wildman–Crippen LogP) is 4.76. The number of ether oxygens (including phenoxy) is 2. The highest BCUT2D eigenvalue weighted by Gasteiger charge is 2.28. The Balaban J connectivity index is 2.55. The van der Waals surface area contributed by atoms with E-state index < -0.39 is 17.7 Å². The van der Waals surface area contributed by atoms with Gasteiger partial charge in [-0.15, -0.1) is 0 Å². The molecule has 2 aromatic rings. The monoisotopic (exact) mass is 492 g/mol. The van der Waals surface area contributed by atoms with Gasteiger partial charge < -0.3 is 19.3 Å². The summed E-state index contributed by atoms with van der Waals surface area (Å²) < 4.78 is 10.6. The molecular weight excluding hydrogens is 456 g/mol. The number of esters is 2. The van der Waals surface area contributed by atoms with Crippen LogP contribution in [0.1, 0.15) is 37.8 Å². The topological polar surface area (TPSA) is 76.2 Å². The highest BCUT2D eigenvalue weighted by Crippen LogP contribution is 2.21. The maximum absolute atomic E-state index is 13.7. The highest BCUT2D eigenvalue weighted by atomic mass is 16.5. The van der Waals surface area contributed by atoms with Gasteiger partial charge in [-0.2, -0.15) is 0 Å². The van der Waals surface area contributed by atoms with Crippen molar-refractivity contribution in [3.05, 3.63) is 70.8 Å². The van der Waals surface area contributed by atoms with Gasteiger partial charge in [0.2, 0.25) is 5.78 Å². The first-order valence-corrected chi connectivity index (χ1v) is 12.0. The maximum Gasteiger partial charge on any atom is 0.342 e. The molecule has 2 rings (SSSR count). The minimum absolute atomic E-state index is 0.161. The molecule has 0 aliphatic heterocycles. The van der Waals surface area contributed by atoms with Crippen molar-refractivity contribution in [1.82, 2.24) is 0 Å². The second-order valence-electron chi connectivity index (χ2n) is 8.69. The van der Waals surface area contributed by atoms with Crippen LogP contribution in [0.3, 0.4) is 0 Å². The van der Waals surface area contributed by atoms with E-state index in [0.717, 1.165) is 11.4 Å². The molecule has 0 spiro atoms. The molecule has 0 aliphatic rings. The lowest BCUT2D eigenvalue weighted by Crippen LogP contribution is -2.23. The summed E-state index contributed by atoms with van der Waals surface area (Å²) in [5.41, 5.74) is 2.75. The molecule has 0 saturated carbocycles. The lowest BCUT2D eigenvalue weighted by molar-refractivity contribution is -0.141. The van der Waals surface area contributed by atoms with Crippen LogP contribution < -0.4 is 9.80 Å². The van der Waals surface area contributed by atoms with E-state index in [2.05, 4.69) is 0 Å². The van der Waals surface area contributed by atoms with Gasteiger partial charge in [-0.3, -0.25) is 4.79 Å². The van der Waals surface area contributed by atoms with E-state index >= 15 is 0 Å². The molecule has 36 heavy (non-hydrogen) atoms. The average Bonchev–Trinajstić information content (AvgIpc) is 2.87. The van der Waals surface area contributed by atoms with Crippen molar-refractivity contribution < 1.29 is 23.9 Å². The first kappa shape index (κ1) is 28.4. The Hall–Kier alpha value is -3.87. The number of Topliss-reactive ketones (excluding diaryl/α,β-unsaturated/α-hetero) is 1. The molecule has 7 nitrogen and oxygen atoms in total. The van der Waals surface area contributed by atoms with Gasteiger partial charge in [0, 0.05) is 39.6 Å². The number of rotatable bonds is 12. The normalized spacial score (nSPS) is 11.6. The number of anilines is 2. The fraction of sp³-hybridized carbons (Fsp3) is 0.345. The van der Waals surface area contributed by atoms with E-state index in [1.54, 1.807) is 24.3 Å². The Morgan fingerprint density at radius 3 is 1.25 bits per heavy atom. The van der Waals surface area contributed by atoms with E-state index in [4.69, 9.17) is 9.47 Å². The van der Waals surface area contributed by atoms with Crippen molar-refractivity contribution in [2.75, 3.05) is 51.2 Å². The largest absolute Gasteiger partial charge is 0.462 e. The summed E-state index contributed by atoms with van der Waals surface area (Å²) in [6, 6.07) is 14.7. The predicted molar refractivity (Wildman–Crippen MR) is 145 cm³/mol. The van der Waals surface area contributed by atoms with Crippen LogP contribution in [0.25, 0.3) is 12.2 Å². The van der Waals surface area contributed by atoms with E-state index in [1.807, 2.05) is 76.1 Å². The van der Waals surface area contributed by atoms with Crippen LogP contribution in [0.15, 0.2) is 59.7 Å². The molecule has 0 fully saturated rings. The fourth-order valence-electron chi connectivity index (χ4n) is 3.20. The Kier molecular flexibility index (Phi) is 10.9. The third-order valence-electron chi connectivity index (χ3n) is 5.24. The standard InChI is InChI=1S/C29H36N2O5/c1-7-17-35-28(33)25(19-21-9-13-23(14-10-21)30(3)4)27(32)26(29(34)36-18-8-2)20-22-11-15-24(16-12-22)31(5)6/h9-16,19-20H,7-8,17-18H2,1-6H3. The van der Waals surface area contributed by atoms with E-state index in [-0.39, 0.29) is 24.4 Å². The summed E-state index contributed by atoms with van der Waals surface area (Å²) in [7, 11) is 7.69. The van der Waals surface area contributed by atoms with E-state index in [1.165, 1.54) is 12.2 Å². The SMILES string of the molecule is CCCOC(=O)C(=Cc1ccc(N(C)C)cc1)C(=O)C(=Cc1ccc(N(C)C)cc1)C(=O)OCCC. The summed E-state index contributed by atoms with van der Waals surface area (Å²) in [6.45, 7) is 4.05. The Bertz CT molecular complexity index is 1010. The molecular formula is C29H36N2O5. The van der Waals surface area contributed by atoms with Gasteiger partial charge >= 0.3 is 11.9 Å². The van der Waals surface area contributed by atoms with Gasteiger partial charge in [0.25, 0.3) is 0 Å². The Morgan fingerprint density at radius 1 is 0.639 bits per heavy atom. The molecule has 7 heteroatoms. The molecule has 0 saturated heterocycles. The van der Waals surface area contributed by atoms with Crippen LogP contribution in [0.4, 0.5) is 11.4 Å². The smallest absolute Gasteiger partial charge is 0.342 e. The number of hydrogen-bond donors (Lipinski definition) is 0. The first-order valence-electron chi connectivity index (χ1n) is 12.0. The summed E-state index contributed by atoms with van der Waals surface area (Å²) in [6.07, 6.45) is 4.11. The van der Waals surface area contributed by atoms with Crippen molar-refractivity contribution in [3.8, 4) is 0 Å². The molecule has 0 bridgehead atoms. The van der Waals surface area contributed by atoms with Gasteiger partial charge in [-0.25, -0.2) is 9.59 Å². The Labute approximate surface area is 214 Å². The number of ketones is 1. The van der Waals surface area contributed by atoms with Crippen LogP contribution in [0, 0.1) is 0 Å². The third-order valence-corrected chi connectivity index (χ3v) is 5.24. The quantitative estimate of drug-likeness (QED) is 0.183. The number of benzene rings is 2. The second-order valence-corrected chi connectivity index (χ2v) is 8.69. The number of carbonyl (C=O) groups excluding carboxylic acids is 3. The minimum Gasteiger partial charge on any atom is -0.462 e. The fourth-order valence-corrected chi connectivity index (χ4v) is 3.20. The zero-order valence-corrected chi connectivity index (χ0v) is 22.0. The zero-order chi connectivity index (χ0) is 26.7. The summed E-state index contributed by atoms with van der Waals surface area (Å²) >= 11 is 0. The maximum atomic E-state index is 13.7. The summed E-state index contributed by atoms with van der Waals surface area (Å²) in [5.74, 6) is -2.31. The molecule has 0 unspecified atom stereocenters. The van der Waals surface area contributed by atoms with Gasteiger partial charge in [-0.05, 0) is 60.4 Å². The van der Waals surface area contributed by atoms with Crippen LogP contribution in [0.5, 0.6) is 0 Å². The van der Waals surface area contributed by atoms with Crippen LogP contribution in [-0.2, 0) is 23.9 Å². The van der Waals surface area contributed by atoms with Gasteiger partial charge in [0.05, 0.1) is 13.2 Å². The van der Waals surface area contributed by atoms with Crippen LogP contribution in [-0.4, -0.2) is 59.1 Å². The van der Waals surface area contributed by atoms with Gasteiger partial charge in [0.1, 0.15) is 11.1 Å². The van der Waals surface area contributed by atoms with Crippen molar-refractivity contribution >= 4 is 41.2 Å². The molecule has 0 radical (unpaired) electrons. The highest BCUT2D eigenvalue weighted by molar-refractivity contribution is 6.35. The molecule has 0 amide bonds. The number of nitrogens with zero attached hydrogens (tertiary/aromatic N) is 2. The van der Waals surface area contributed by atoms with Crippen LogP contribution in [0.2, 0.25) is 0 Å². The second kappa shape index (κ2) is 13.9. The van der Waals surface area contributed by atoms with E-state index in [0.29, 0.717) is 24.0 Å². The van der Waals surface area contributed by atoms with E-state index in [9.17, 15) is 14.4 Å². The molecule has 2 aromatic carbocycles. The molecule has 0 heterocycles. The molecule has 0 aliphatic carbocycles. The molecule has 0 atom stereocenters.